The van der Waals surface area contributed by atoms with E-state index in [0.717, 1.165) is 31.0 Å². The van der Waals surface area contributed by atoms with E-state index in [9.17, 15) is 4.79 Å². The van der Waals surface area contributed by atoms with Crippen LogP contribution < -0.4 is 10.1 Å². The highest BCUT2D eigenvalue weighted by Crippen LogP contribution is 2.14. The molecule has 1 amide bonds. The summed E-state index contributed by atoms with van der Waals surface area (Å²) >= 11 is 0. The molecule has 1 aromatic heterocycles. The zero-order valence-corrected chi connectivity index (χ0v) is 12.8. The van der Waals surface area contributed by atoms with E-state index < -0.39 is 0 Å². The minimum absolute atomic E-state index is 0.0423. The molecule has 0 radical (unpaired) electrons. The third kappa shape index (κ3) is 3.67. The number of carbonyl (C=O) groups excluding carboxylic acids is 1. The normalized spacial score (nSPS) is 16.9. The van der Waals surface area contributed by atoms with Crippen molar-refractivity contribution in [3.05, 3.63) is 48.0 Å². The van der Waals surface area contributed by atoms with Gasteiger partial charge in [-0.25, -0.2) is 4.98 Å². The van der Waals surface area contributed by atoms with E-state index in [2.05, 4.69) is 14.9 Å². The van der Waals surface area contributed by atoms with Crippen molar-refractivity contribution in [2.24, 2.45) is 0 Å². The van der Waals surface area contributed by atoms with Gasteiger partial charge in [0.1, 0.15) is 11.6 Å². The fourth-order valence-electron chi connectivity index (χ4n) is 2.68. The Morgan fingerprint density at radius 2 is 2.23 bits per heavy atom. The number of imidazole rings is 1. The molecule has 2 heterocycles. The molecule has 0 saturated carbocycles. The number of ether oxygens (including phenoxy) is 1. The van der Waals surface area contributed by atoms with E-state index in [0.29, 0.717) is 13.0 Å². The minimum atomic E-state index is 0.0423. The summed E-state index contributed by atoms with van der Waals surface area (Å²) in [5.74, 6) is 1.95. The van der Waals surface area contributed by atoms with Gasteiger partial charge in [-0.15, -0.1) is 0 Å². The van der Waals surface area contributed by atoms with Gasteiger partial charge in [0.25, 0.3) is 0 Å². The number of carbonyl (C=O) groups is 1. The van der Waals surface area contributed by atoms with Crippen LogP contribution in [0.5, 0.6) is 5.75 Å². The van der Waals surface area contributed by atoms with Gasteiger partial charge in [-0.05, 0) is 25.5 Å². The van der Waals surface area contributed by atoms with E-state index in [1.54, 1.807) is 0 Å². The number of amides is 1. The third-order valence-corrected chi connectivity index (χ3v) is 3.92. The molecule has 1 aliphatic rings. The van der Waals surface area contributed by atoms with Gasteiger partial charge in [0.15, 0.2) is 0 Å². The monoisotopic (exact) mass is 299 g/mol. The maximum absolute atomic E-state index is 12.0. The lowest BCUT2D eigenvalue weighted by Crippen LogP contribution is -2.41. The molecule has 3 rings (SSSR count). The highest BCUT2D eigenvalue weighted by atomic mass is 16.5. The van der Waals surface area contributed by atoms with Crippen molar-refractivity contribution < 1.29 is 9.53 Å². The van der Waals surface area contributed by atoms with Crippen LogP contribution in [0.3, 0.4) is 0 Å². The molecule has 22 heavy (non-hydrogen) atoms. The Morgan fingerprint density at radius 3 is 3.05 bits per heavy atom. The second-order valence-corrected chi connectivity index (χ2v) is 5.71. The molecule has 1 atom stereocenters. The Morgan fingerprint density at radius 1 is 1.41 bits per heavy atom. The number of aromatic nitrogens is 2. The first-order chi connectivity index (χ1) is 10.7. The quantitative estimate of drug-likeness (QED) is 0.920. The molecule has 0 saturated heterocycles. The van der Waals surface area contributed by atoms with Gasteiger partial charge in [-0.3, -0.25) is 4.79 Å². The van der Waals surface area contributed by atoms with Gasteiger partial charge in [0, 0.05) is 31.4 Å². The molecule has 5 nitrogen and oxygen atoms in total. The summed E-state index contributed by atoms with van der Waals surface area (Å²) in [6, 6.07) is 8.04. The maximum atomic E-state index is 12.0. The van der Waals surface area contributed by atoms with E-state index >= 15 is 0 Å². The Labute approximate surface area is 130 Å². The number of nitrogens with one attached hydrogen (secondary N) is 1. The summed E-state index contributed by atoms with van der Waals surface area (Å²) in [7, 11) is 0. The molecule has 2 aromatic rings. The van der Waals surface area contributed by atoms with Crippen molar-refractivity contribution >= 4 is 5.91 Å². The summed E-state index contributed by atoms with van der Waals surface area (Å²) < 4.78 is 7.70. The highest BCUT2D eigenvalue weighted by Gasteiger charge is 2.20. The number of hydrogen-bond acceptors (Lipinski definition) is 3. The lowest BCUT2D eigenvalue weighted by atomic mass is 10.1. The molecule has 1 aliphatic heterocycles. The van der Waals surface area contributed by atoms with Gasteiger partial charge < -0.3 is 14.6 Å². The molecule has 0 unspecified atom stereocenters. The minimum Gasteiger partial charge on any atom is -0.493 e. The molecular weight excluding hydrogens is 278 g/mol. The van der Waals surface area contributed by atoms with Gasteiger partial charge >= 0.3 is 0 Å². The first kappa shape index (κ1) is 14.6. The molecule has 0 spiro atoms. The topological polar surface area (TPSA) is 56.1 Å². The number of benzene rings is 1. The largest absolute Gasteiger partial charge is 0.493 e. The van der Waals surface area contributed by atoms with Crippen LogP contribution in [0.2, 0.25) is 0 Å². The van der Waals surface area contributed by atoms with Crippen LogP contribution >= 0.6 is 0 Å². The van der Waals surface area contributed by atoms with Crippen molar-refractivity contribution in [1.29, 1.82) is 0 Å². The first-order valence-electron chi connectivity index (χ1n) is 7.69. The summed E-state index contributed by atoms with van der Waals surface area (Å²) in [4.78, 5) is 16.3. The standard InChI is InChI=1S/C17H21N3O2/c1-13-2-5-15(6-3-13)22-11-8-17(21)19-14-4-7-16-18-9-10-20(16)12-14/h2-3,5-6,9-10,14H,4,7-8,11-12H2,1H3,(H,19,21)/t14-/m0/s1. The fourth-order valence-corrected chi connectivity index (χ4v) is 2.68. The molecular formula is C17H21N3O2. The van der Waals surface area contributed by atoms with Gasteiger partial charge in [-0.1, -0.05) is 17.7 Å². The average molecular weight is 299 g/mol. The van der Waals surface area contributed by atoms with E-state index in [1.807, 2.05) is 43.6 Å². The van der Waals surface area contributed by atoms with Crippen molar-refractivity contribution in [2.75, 3.05) is 6.61 Å². The fraction of sp³-hybridized carbons (Fsp3) is 0.412. The average Bonchev–Trinajstić information content (AvgIpc) is 2.97. The highest BCUT2D eigenvalue weighted by molar-refractivity contribution is 5.76. The lowest BCUT2D eigenvalue weighted by Gasteiger charge is -2.24. The van der Waals surface area contributed by atoms with Gasteiger partial charge in [0.05, 0.1) is 13.0 Å². The molecule has 5 heteroatoms. The second-order valence-electron chi connectivity index (χ2n) is 5.71. The summed E-state index contributed by atoms with van der Waals surface area (Å²) in [5.41, 5.74) is 1.20. The Balaban J connectivity index is 1.40. The molecule has 0 aliphatic carbocycles. The molecule has 0 fully saturated rings. The summed E-state index contributed by atoms with van der Waals surface area (Å²) in [6.45, 7) is 3.24. The lowest BCUT2D eigenvalue weighted by molar-refractivity contribution is -0.122. The van der Waals surface area contributed by atoms with Gasteiger partial charge in [-0.2, -0.15) is 0 Å². The Hall–Kier alpha value is -2.30. The Kier molecular flexibility index (Phi) is 4.42. The molecule has 0 bridgehead atoms. The van der Waals surface area contributed by atoms with Crippen molar-refractivity contribution in [3.8, 4) is 5.75 Å². The SMILES string of the molecule is Cc1ccc(OCCC(=O)N[C@H]2CCc3nccn3C2)cc1. The molecule has 116 valence electrons. The Bertz CT molecular complexity index is 634. The number of aryl methyl sites for hydroxylation is 2. The number of rotatable bonds is 5. The number of hydrogen-bond donors (Lipinski definition) is 1. The number of nitrogens with zero attached hydrogens (tertiary/aromatic N) is 2. The van der Waals surface area contributed by atoms with Crippen LogP contribution in [-0.4, -0.2) is 28.1 Å². The van der Waals surface area contributed by atoms with Crippen LogP contribution in [-0.2, 0) is 17.8 Å². The predicted molar refractivity (Wildman–Crippen MR) is 83.8 cm³/mol. The molecule has 1 aromatic carbocycles. The summed E-state index contributed by atoms with van der Waals surface area (Å²) in [5, 5.41) is 3.08. The predicted octanol–water partition coefficient (Wildman–Crippen LogP) is 2.09. The molecule has 1 N–H and O–H groups in total. The van der Waals surface area contributed by atoms with Crippen molar-refractivity contribution in [2.45, 2.75) is 38.8 Å². The second kappa shape index (κ2) is 6.64. The summed E-state index contributed by atoms with van der Waals surface area (Å²) in [6.07, 6.45) is 6.02. The van der Waals surface area contributed by atoms with Crippen LogP contribution in [0.25, 0.3) is 0 Å². The van der Waals surface area contributed by atoms with Crippen LogP contribution in [0.1, 0.15) is 24.2 Å². The van der Waals surface area contributed by atoms with E-state index in [4.69, 9.17) is 4.74 Å². The van der Waals surface area contributed by atoms with Crippen molar-refractivity contribution in [3.63, 3.8) is 0 Å². The number of fused-ring (bicyclic) bond motifs is 1. The third-order valence-electron chi connectivity index (χ3n) is 3.92. The first-order valence-corrected chi connectivity index (χ1v) is 7.69. The smallest absolute Gasteiger partial charge is 0.223 e. The van der Waals surface area contributed by atoms with E-state index in [-0.39, 0.29) is 11.9 Å². The zero-order valence-electron chi connectivity index (χ0n) is 12.8. The van der Waals surface area contributed by atoms with Crippen LogP contribution in [0, 0.1) is 6.92 Å². The van der Waals surface area contributed by atoms with E-state index in [1.165, 1.54) is 5.56 Å². The van der Waals surface area contributed by atoms with Crippen LogP contribution in [0.4, 0.5) is 0 Å². The van der Waals surface area contributed by atoms with Crippen LogP contribution in [0.15, 0.2) is 36.7 Å². The maximum Gasteiger partial charge on any atom is 0.223 e. The zero-order chi connectivity index (χ0) is 15.4. The van der Waals surface area contributed by atoms with Crippen molar-refractivity contribution in [1.82, 2.24) is 14.9 Å². The van der Waals surface area contributed by atoms with Gasteiger partial charge in [0.2, 0.25) is 5.91 Å².